The van der Waals surface area contributed by atoms with Crippen molar-refractivity contribution in [3.05, 3.63) is 42.5 Å². The number of anilines is 1. The van der Waals surface area contributed by atoms with Crippen LogP contribution in [0.25, 0.3) is 0 Å². The fraction of sp³-hybridized carbons (Fsp3) is 0.267. The number of esters is 1. The molecule has 128 valence electrons. The average Bonchev–Trinajstić information content (AvgIpc) is 3.08. The molecule has 0 aliphatic carbocycles. The second-order valence-corrected chi connectivity index (χ2v) is 4.76. The SMILES string of the molecule is COC(=O)c1ccc(NC(=O)C(C)n2ccnc2)c(OC(F)F)c1. The van der Waals surface area contributed by atoms with Gasteiger partial charge in [-0.1, -0.05) is 0 Å². The first-order valence-corrected chi connectivity index (χ1v) is 6.88. The molecule has 1 aromatic heterocycles. The third-order valence-electron chi connectivity index (χ3n) is 3.23. The molecule has 0 radical (unpaired) electrons. The number of ether oxygens (including phenoxy) is 2. The molecule has 7 nitrogen and oxygen atoms in total. The molecule has 24 heavy (non-hydrogen) atoms. The van der Waals surface area contributed by atoms with Crippen LogP contribution in [0.2, 0.25) is 0 Å². The fourth-order valence-electron chi connectivity index (χ4n) is 1.94. The van der Waals surface area contributed by atoms with Crippen LogP contribution in [0.4, 0.5) is 14.5 Å². The van der Waals surface area contributed by atoms with Crippen molar-refractivity contribution in [3.8, 4) is 5.75 Å². The van der Waals surface area contributed by atoms with Gasteiger partial charge in [0.15, 0.2) is 0 Å². The van der Waals surface area contributed by atoms with E-state index >= 15 is 0 Å². The molecule has 2 aromatic rings. The van der Waals surface area contributed by atoms with Gasteiger partial charge in [0.25, 0.3) is 0 Å². The van der Waals surface area contributed by atoms with Crippen LogP contribution >= 0.6 is 0 Å². The molecule has 0 saturated carbocycles. The normalized spacial score (nSPS) is 11.9. The Morgan fingerprint density at radius 1 is 1.33 bits per heavy atom. The second-order valence-electron chi connectivity index (χ2n) is 4.76. The molecule has 0 fully saturated rings. The van der Waals surface area contributed by atoms with Gasteiger partial charge in [-0.05, 0) is 25.1 Å². The molecule has 0 aliphatic heterocycles. The number of rotatable bonds is 6. The molecule has 0 saturated heterocycles. The fourth-order valence-corrected chi connectivity index (χ4v) is 1.94. The van der Waals surface area contributed by atoms with Crippen molar-refractivity contribution in [1.82, 2.24) is 9.55 Å². The van der Waals surface area contributed by atoms with Gasteiger partial charge in [0.05, 0.1) is 24.7 Å². The summed E-state index contributed by atoms with van der Waals surface area (Å²) in [4.78, 5) is 27.6. The Morgan fingerprint density at radius 2 is 2.08 bits per heavy atom. The van der Waals surface area contributed by atoms with Crippen molar-refractivity contribution in [3.63, 3.8) is 0 Å². The van der Waals surface area contributed by atoms with Crippen LogP contribution in [0.3, 0.4) is 0 Å². The maximum atomic E-state index is 12.6. The lowest BCUT2D eigenvalue weighted by Crippen LogP contribution is -2.23. The number of amides is 1. The van der Waals surface area contributed by atoms with Gasteiger partial charge in [-0.2, -0.15) is 8.78 Å². The van der Waals surface area contributed by atoms with Crippen molar-refractivity contribution >= 4 is 17.6 Å². The Balaban J connectivity index is 2.24. The number of alkyl halides is 2. The maximum Gasteiger partial charge on any atom is 0.387 e. The Hall–Kier alpha value is -2.97. The van der Waals surface area contributed by atoms with E-state index in [4.69, 9.17) is 0 Å². The summed E-state index contributed by atoms with van der Waals surface area (Å²) in [6, 6.07) is 3.09. The molecular weight excluding hydrogens is 324 g/mol. The molecule has 9 heteroatoms. The van der Waals surface area contributed by atoms with Gasteiger partial charge >= 0.3 is 12.6 Å². The smallest absolute Gasteiger partial charge is 0.387 e. The summed E-state index contributed by atoms with van der Waals surface area (Å²) in [6.07, 6.45) is 4.57. The highest BCUT2D eigenvalue weighted by atomic mass is 19.3. The minimum Gasteiger partial charge on any atom is -0.465 e. The number of halogens is 2. The predicted molar refractivity (Wildman–Crippen MR) is 80.0 cm³/mol. The van der Waals surface area contributed by atoms with Crippen LogP contribution in [0.15, 0.2) is 36.9 Å². The van der Waals surface area contributed by atoms with E-state index in [9.17, 15) is 18.4 Å². The molecule has 0 aliphatic rings. The zero-order valence-corrected chi connectivity index (χ0v) is 12.9. The van der Waals surface area contributed by atoms with E-state index in [1.165, 1.54) is 31.8 Å². The van der Waals surface area contributed by atoms with Crippen molar-refractivity contribution in [1.29, 1.82) is 0 Å². The molecule has 1 unspecified atom stereocenters. The van der Waals surface area contributed by atoms with E-state index in [1.807, 2.05) is 0 Å². The molecule has 1 N–H and O–H groups in total. The van der Waals surface area contributed by atoms with Gasteiger partial charge in [0, 0.05) is 12.4 Å². The minimum atomic E-state index is -3.11. The zero-order valence-electron chi connectivity index (χ0n) is 12.9. The van der Waals surface area contributed by atoms with Gasteiger partial charge in [0.2, 0.25) is 5.91 Å². The number of methoxy groups -OCH3 is 1. The van der Waals surface area contributed by atoms with Crippen molar-refractivity contribution in [2.75, 3.05) is 12.4 Å². The third-order valence-corrected chi connectivity index (χ3v) is 3.23. The average molecular weight is 339 g/mol. The summed E-state index contributed by atoms with van der Waals surface area (Å²) in [5.74, 6) is -1.50. The van der Waals surface area contributed by atoms with E-state index in [0.717, 1.165) is 6.07 Å². The van der Waals surface area contributed by atoms with Crippen LogP contribution in [-0.4, -0.2) is 35.1 Å². The van der Waals surface area contributed by atoms with E-state index in [1.54, 1.807) is 17.7 Å². The molecule has 1 atom stereocenters. The highest BCUT2D eigenvalue weighted by molar-refractivity contribution is 5.96. The summed E-state index contributed by atoms with van der Waals surface area (Å²) in [6.45, 7) is -1.49. The lowest BCUT2D eigenvalue weighted by molar-refractivity contribution is -0.118. The first-order valence-electron chi connectivity index (χ1n) is 6.88. The van der Waals surface area contributed by atoms with Crippen LogP contribution in [-0.2, 0) is 9.53 Å². The van der Waals surface area contributed by atoms with E-state index in [0.29, 0.717) is 0 Å². The number of imidazole rings is 1. The van der Waals surface area contributed by atoms with Crippen LogP contribution in [0.5, 0.6) is 5.75 Å². The third kappa shape index (κ3) is 4.06. The van der Waals surface area contributed by atoms with Crippen LogP contribution < -0.4 is 10.1 Å². The number of aromatic nitrogens is 2. The minimum absolute atomic E-state index is 0.0138. The summed E-state index contributed by atoms with van der Waals surface area (Å²) in [5, 5.41) is 2.49. The van der Waals surface area contributed by atoms with Gasteiger partial charge in [-0.15, -0.1) is 0 Å². The number of carbonyl (C=O) groups is 2. The van der Waals surface area contributed by atoms with Crippen LogP contribution in [0.1, 0.15) is 23.3 Å². The topological polar surface area (TPSA) is 82.5 Å². The Kier molecular flexibility index (Phi) is 5.46. The monoisotopic (exact) mass is 339 g/mol. The number of hydrogen-bond donors (Lipinski definition) is 1. The van der Waals surface area contributed by atoms with E-state index in [2.05, 4.69) is 19.8 Å². The summed E-state index contributed by atoms with van der Waals surface area (Å²) < 4.78 is 35.6. The lowest BCUT2D eigenvalue weighted by Gasteiger charge is -2.16. The molecule has 0 spiro atoms. The number of carbonyl (C=O) groups excluding carboxylic acids is 2. The molecule has 0 bridgehead atoms. The van der Waals surface area contributed by atoms with Gasteiger partial charge in [-0.25, -0.2) is 9.78 Å². The summed E-state index contributed by atoms with van der Waals surface area (Å²) in [7, 11) is 1.17. The first-order chi connectivity index (χ1) is 11.4. The summed E-state index contributed by atoms with van der Waals surface area (Å²) >= 11 is 0. The molecule has 2 rings (SSSR count). The Labute approximate surface area is 136 Å². The standard InChI is InChI=1S/C15H15F2N3O4/c1-9(20-6-5-18-8-20)13(21)19-11-4-3-10(14(22)23-2)7-12(11)24-15(16)17/h3-9,15H,1-2H3,(H,19,21). The number of hydrogen-bond acceptors (Lipinski definition) is 5. The van der Waals surface area contributed by atoms with Gasteiger partial charge in [0.1, 0.15) is 11.8 Å². The molecule has 1 aromatic carbocycles. The summed E-state index contributed by atoms with van der Waals surface area (Å²) in [5.41, 5.74) is 0.0359. The van der Waals surface area contributed by atoms with Crippen molar-refractivity contribution < 1.29 is 27.8 Å². The molecule has 1 amide bonds. The van der Waals surface area contributed by atoms with Gasteiger partial charge in [-0.3, -0.25) is 4.79 Å². The lowest BCUT2D eigenvalue weighted by atomic mass is 10.2. The van der Waals surface area contributed by atoms with Gasteiger partial charge < -0.3 is 19.4 Å². The van der Waals surface area contributed by atoms with E-state index in [-0.39, 0.29) is 17.0 Å². The highest BCUT2D eigenvalue weighted by Gasteiger charge is 2.19. The van der Waals surface area contributed by atoms with E-state index < -0.39 is 24.5 Å². The number of benzene rings is 1. The highest BCUT2D eigenvalue weighted by Crippen LogP contribution is 2.28. The largest absolute Gasteiger partial charge is 0.465 e. The second kappa shape index (κ2) is 7.53. The molecular formula is C15H15F2N3O4. The first kappa shape index (κ1) is 17.4. The van der Waals surface area contributed by atoms with Crippen molar-refractivity contribution in [2.24, 2.45) is 0 Å². The number of nitrogens with zero attached hydrogens (tertiary/aromatic N) is 2. The molecule has 1 heterocycles. The zero-order chi connectivity index (χ0) is 17.7. The predicted octanol–water partition coefficient (Wildman–Crippen LogP) is 2.47. The van der Waals surface area contributed by atoms with Crippen LogP contribution in [0, 0.1) is 0 Å². The maximum absolute atomic E-state index is 12.6. The van der Waals surface area contributed by atoms with Crippen molar-refractivity contribution in [2.45, 2.75) is 19.6 Å². The number of nitrogens with one attached hydrogen (secondary N) is 1. The Morgan fingerprint density at radius 3 is 2.67 bits per heavy atom. The quantitative estimate of drug-likeness (QED) is 0.818. The Bertz CT molecular complexity index is 720.